The summed E-state index contributed by atoms with van der Waals surface area (Å²) in [5.41, 5.74) is 10.5. The molecule has 1 aliphatic carbocycles. The van der Waals surface area contributed by atoms with Gasteiger partial charge in [0.1, 0.15) is 0 Å². The Kier molecular flexibility index (Phi) is 2.97. The maximum absolute atomic E-state index is 6.20. The fourth-order valence-corrected chi connectivity index (χ4v) is 3.24. The number of nitrogens with zero attached hydrogens (tertiary/aromatic N) is 1. The van der Waals surface area contributed by atoms with Crippen molar-refractivity contribution in [2.75, 3.05) is 13.2 Å². The number of aromatic nitrogens is 1. The number of ether oxygens (including phenoxy) is 1. The van der Waals surface area contributed by atoms with Gasteiger partial charge < -0.3 is 15.0 Å². The predicted octanol–water partition coefficient (Wildman–Crippen LogP) is 2.17. The van der Waals surface area contributed by atoms with E-state index in [2.05, 4.69) is 17.6 Å². The third-order valence-corrected chi connectivity index (χ3v) is 4.24. The van der Waals surface area contributed by atoms with Crippen LogP contribution in [0.15, 0.2) is 6.07 Å². The van der Waals surface area contributed by atoms with E-state index in [0.29, 0.717) is 5.92 Å². The number of aryl methyl sites for hydroxylation is 1. The van der Waals surface area contributed by atoms with Gasteiger partial charge in [-0.1, -0.05) is 0 Å². The van der Waals surface area contributed by atoms with Gasteiger partial charge >= 0.3 is 0 Å². The maximum atomic E-state index is 6.20. The zero-order chi connectivity index (χ0) is 11.8. The molecular formula is C14H22N2O. The molecule has 1 aliphatic heterocycles. The Balaban J connectivity index is 1.87. The second-order valence-corrected chi connectivity index (χ2v) is 5.53. The lowest BCUT2D eigenvalue weighted by Gasteiger charge is -2.22. The molecule has 0 radical (unpaired) electrons. The molecule has 3 rings (SSSR count). The van der Waals surface area contributed by atoms with Crippen LogP contribution < -0.4 is 5.73 Å². The Hall–Kier alpha value is -0.800. The van der Waals surface area contributed by atoms with Gasteiger partial charge in [0.25, 0.3) is 0 Å². The molecule has 3 nitrogen and oxygen atoms in total. The second-order valence-electron chi connectivity index (χ2n) is 5.53. The molecule has 1 aromatic rings. The van der Waals surface area contributed by atoms with E-state index in [1.54, 1.807) is 0 Å². The first-order valence-electron chi connectivity index (χ1n) is 6.78. The number of fused-ring (bicyclic) bond motifs is 1. The molecule has 1 saturated heterocycles. The Morgan fingerprint density at radius 2 is 2.35 bits per heavy atom. The topological polar surface area (TPSA) is 40.2 Å². The number of hydrogen-bond acceptors (Lipinski definition) is 2. The Labute approximate surface area is 103 Å². The SMILES string of the molecule is Cc1cc2c(n1CC1CCOC1)CCCC2N. The lowest BCUT2D eigenvalue weighted by molar-refractivity contribution is 0.182. The molecule has 0 spiro atoms. The van der Waals surface area contributed by atoms with E-state index >= 15 is 0 Å². The van der Waals surface area contributed by atoms with Gasteiger partial charge in [0.15, 0.2) is 0 Å². The van der Waals surface area contributed by atoms with E-state index < -0.39 is 0 Å². The molecule has 1 fully saturated rings. The molecule has 0 bridgehead atoms. The molecule has 0 saturated carbocycles. The highest BCUT2D eigenvalue weighted by Crippen LogP contribution is 2.31. The molecule has 2 unspecified atom stereocenters. The van der Waals surface area contributed by atoms with Gasteiger partial charge in [-0.15, -0.1) is 0 Å². The highest BCUT2D eigenvalue weighted by molar-refractivity contribution is 5.32. The summed E-state index contributed by atoms with van der Waals surface area (Å²) >= 11 is 0. The van der Waals surface area contributed by atoms with Crippen LogP contribution >= 0.6 is 0 Å². The largest absolute Gasteiger partial charge is 0.381 e. The average Bonchev–Trinajstić information content (AvgIpc) is 2.91. The zero-order valence-corrected chi connectivity index (χ0v) is 10.6. The average molecular weight is 234 g/mol. The van der Waals surface area contributed by atoms with Crippen molar-refractivity contribution >= 4 is 0 Å². The van der Waals surface area contributed by atoms with Crippen LogP contribution in [-0.2, 0) is 17.7 Å². The fraction of sp³-hybridized carbons (Fsp3) is 0.714. The molecule has 2 N–H and O–H groups in total. The van der Waals surface area contributed by atoms with Gasteiger partial charge in [0.05, 0.1) is 6.61 Å². The molecule has 17 heavy (non-hydrogen) atoms. The van der Waals surface area contributed by atoms with Crippen LogP contribution in [0.2, 0.25) is 0 Å². The van der Waals surface area contributed by atoms with E-state index in [1.165, 1.54) is 36.2 Å². The standard InChI is InChI=1S/C14H22N2O/c1-10-7-12-13(15)3-2-4-14(12)16(10)8-11-5-6-17-9-11/h7,11,13H,2-6,8-9,15H2,1H3. The number of rotatable bonds is 2. The van der Waals surface area contributed by atoms with Crippen molar-refractivity contribution in [3.8, 4) is 0 Å². The highest BCUT2D eigenvalue weighted by atomic mass is 16.5. The van der Waals surface area contributed by atoms with Crippen molar-refractivity contribution in [3.63, 3.8) is 0 Å². The van der Waals surface area contributed by atoms with Crippen LogP contribution in [0.25, 0.3) is 0 Å². The van der Waals surface area contributed by atoms with Gasteiger partial charge in [-0.2, -0.15) is 0 Å². The molecular weight excluding hydrogens is 212 g/mol. The number of nitrogens with two attached hydrogens (primary N) is 1. The first-order chi connectivity index (χ1) is 8.25. The Morgan fingerprint density at radius 1 is 1.47 bits per heavy atom. The van der Waals surface area contributed by atoms with E-state index in [0.717, 1.165) is 26.2 Å². The summed E-state index contributed by atoms with van der Waals surface area (Å²) in [6.45, 7) is 5.19. The summed E-state index contributed by atoms with van der Waals surface area (Å²) in [5, 5.41) is 0. The first kappa shape index (κ1) is 11.3. The van der Waals surface area contributed by atoms with Gasteiger partial charge in [-0.05, 0) is 44.2 Å². The van der Waals surface area contributed by atoms with E-state index in [1.807, 2.05) is 0 Å². The van der Waals surface area contributed by atoms with Gasteiger partial charge in [0, 0.05) is 36.5 Å². The molecule has 2 aliphatic rings. The van der Waals surface area contributed by atoms with E-state index in [9.17, 15) is 0 Å². The van der Waals surface area contributed by atoms with Crippen molar-refractivity contribution in [3.05, 3.63) is 23.0 Å². The van der Waals surface area contributed by atoms with Crippen molar-refractivity contribution in [2.24, 2.45) is 11.7 Å². The Morgan fingerprint density at radius 3 is 3.12 bits per heavy atom. The minimum atomic E-state index is 0.263. The summed E-state index contributed by atoms with van der Waals surface area (Å²) in [6.07, 6.45) is 4.78. The lowest BCUT2D eigenvalue weighted by Crippen LogP contribution is -2.20. The third-order valence-electron chi connectivity index (χ3n) is 4.24. The lowest BCUT2D eigenvalue weighted by atomic mass is 9.93. The molecule has 2 heterocycles. The van der Waals surface area contributed by atoms with E-state index in [4.69, 9.17) is 10.5 Å². The molecule has 3 heteroatoms. The summed E-state index contributed by atoms with van der Waals surface area (Å²) in [7, 11) is 0. The van der Waals surface area contributed by atoms with Crippen molar-refractivity contribution in [1.82, 2.24) is 4.57 Å². The van der Waals surface area contributed by atoms with Crippen molar-refractivity contribution in [2.45, 2.75) is 45.2 Å². The normalized spacial score (nSPS) is 28.4. The van der Waals surface area contributed by atoms with Gasteiger partial charge in [-0.3, -0.25) is 0 Å². The van der Waals surface area contributed by atoms with Crippen LogP contribution in [0.1, 0.15) is 42.3 Å². The van der Waals surface area contributed by atoms with Crippen LogP contribution in [0, 0.1) is 12.8 Å². The zero-order valence-electron chi connectivity index (χ0n) is 10.6. The van der Waals surface area contributed by atoms with Gasteiger partial charge in [-0.25, -0.2) is 0 Å². The summed E-state index contributed by atoms with van der Waals surface area (Å²) in [6, 6.07) is 2.56. The monoisotopic (exact) mass is 234 g/mol. The fourth-order valence-electron chi connectivity index (χ4n) is 3.24. The molecule has 2 atom stereocenters. The molecule has 1 aromatic heterocycles. The third kappa shape index (κ3) is 2.02. The van der Waals surface area contributed by atoms with E-state index in [-0.39, 0.29) is 6.04 Å². The van der Waals surface area contributed by atoms with Crippen molar-refractivity contribution in [1.29, 1.82) is 0 Å². The summed E-state index contributed by atoms with van der Waals surface area (Å²) < 4.78 is 7.97. The molecule has 94 valence electrons. The first-order valence-corrected chi connectivity index (χ1v) is 6.78. The predicted molar refractivity (Wildman–Crippen MR) is 68.0 cm³/mol. The van der Waals surface area contributed by atoms with Crippen molar-refractivity contribution < 1.29 is 4.74 Å². The number of hydrogen-bond donors (Lipinski definition) is 1. The highest BCUT2D eigenvalue weighted by Gasteiger charge is 2.24. The van der Waals surface area contributed by atoms with Gasteiger partial charge in [0.2, 0.25) is 0 Å². The minimum Gasteiger partial charge on any atom is -0.381 e. The quantitative estimate of drug-likeness (QED) is 0.852. The summed E-state index contributed by atoms with van der Waals surface area (Å²) in [4.78, 5) is 0. The molecule has 0 amide bonds. The second kappa shape index (κ2) is 4.46. The van der Waals surface area contributed by atoms with Crippen LogP contribution in [0.3, 0.4) is 0 Å². The maximum Gasteiger partial charge on any atom is 0.0512 e. The Bertz CT molecular complexity index is 405. The molecule has 0 aromatic carbocycles. The van der Waals surface area contributed by atoms with Crippen LogP contribution in [0.5, 0.6) is 0 Å². The van der Waals surface area contributed by atoms with Crippen LogP contribution in [-0.4, -0.2) is 17.8 Å². The minimum absolute atomic E-state index is 0.263. The van der Waals surface area contributed by atoms with Crippen LogP contribution in [0.4, 0.5) is 0 Å². The smallest absolute Gasteiger partial charge is 0.0512 e. The summed E-state index contributed by atoms with van der Waals surface area (Å²) in [5.74, 6) is 0.698.